The Morgan fingerprint density at radius 3 is 2.60 bits per heavy atom. The van der Waals surface area contributed by atoms with E-state index in [4.69, 9.17) is 11.6 Å². The van der Waals surface area contributed by atoms with Crippen molar-refractivity contribution >= 4 is 35.1 Å². The van der Waals surface area contributed by atoms with Crippen LogP contribution in [-0.4, -0.2) is 45.6 Å². The largest absolute Gasteiger partial charge is 0.481 e. The van der Waals surface area contributed by atoms with Gasteiger partial charge < -0.3 is 10.4 Å². The van der Waals surface area contributed by atoms with E-state index >= 15 is 0 Å². The topological polar surface area (TPSA) is 79.3 Å². The lowest BCUT2D eigenvalue weighted by molar-refractivity contribution is -0.147. The van der Waals surface area contributed by atoms with Crippen molar-refractivity contribution in [1.29, 1.82) is 0 Å². The average Bonchev–Trinajstić information content (AvgIpc) is 3.12. The van der Waals surface area contributed by atoms with Crippen LogP contribution in [0.15, 0.2) is 23.4 Å². The molecule has 1 saturated carbocycles. The smallest absolute Gasteiger partial charge is 0.307 e. The number of alkyl halides is 2. The number of carbonyl (C=O) groups is 2. The maximum Gasteiger partial charge on any atom is 0.307 e. The number of hydrogen-bond acceptors (Lipinski definition) is 5. The normalized spacial score (nSPS) is 31.2. The molecule has 5 nitrogen and oxygen atoms in total. The van der Waals surface area contributed by atoms with Gasteiger partial charge in [0.25, 0.3) is 5.92 Å². The summed E-state index contributed by atoms with van der Waals surface area (Å²) in [5.41, 5.74) is 0. The van der Waals surface area contributed by atoms with E-state index in [1.807, 2.05) is 0 Å². The number of pyridine rings is 1. The SMILES string of the molecule is O=C(O)[C@@H]1C[C@@H](Sc2ccc(Cl)cn2)C[C@H]1C(=O)C1NCCC1(F)F. The first-order valence-electron chi connectivity index (χ1n) is 7.94. The van der Waals surface area contributed by atoms with Gasteiger partial charge in [0.1, 0.15) is 6.04 Å². The van der Waals surface area contributed by atoms with Crippen molar-refractivity contribution in [2.45, 2.75) is 41.5 Å². The van der Waals surface area contributed by atoms with Gasteiger partial charge in [-0.25, -0.2) is 13.8 Å². The van der Waals surface area contributed by atoms with Crippen LogP contribution in [0.4, 0.5) is 8.78 Å². The number of nitrogens with zero attached hydrogens (tertiary/aromatic N) is 1. The molecule has 1 aliphatic heterocycles. The summed E-state index contributed by atoms with van der Waals surface area (Å²) >= 11 is 7.14. The molecule has 25 heavy (non-hydrogen) atoms. The van der Waals surface area contributed by atoms with E-state index in [0.717, 1.165) is 0 Å². The Hall–Kier alpha value is -1.25. The van der Waals surface area contributed by atoms with Gasteiger partial charge in [0.2, 0.25) is 0 Å². The number of hydrogen-bond donors (Lipinski definition) is 2. The third kappa shape index (κ3) is 3.96. The molecule has 4 atom stereocenters. The van der Waals surface area contributed by atoms with Gasteiger partial charge in [0, 0.05) is 30.3 Å². The summed E-state index contributed by atoms with van der Waals surface area (Å²) in [5, 5.41) is 12.9. The van der Waals surface area contributed by atoms with Crippen molar-refractivity contribution in [2.24, 2.45) is 11.8 Å². The lowest BCUT2D eigenvalue weighted by Crippen LogP contribution is -2.47. The predicted octanol–water partition coefficient (Wildman–Crippen LogP) is 2.87. The number of carboxylic acid groups (broad SMARTS) is 1. The average molecular weight is 391 g/mol. The number of rotatable bonds is 5. The molecule has 1 saturated heterocycles. The summed E-state index contributed by atoms with van der Waals surface area (Å²) in [6.07, 6.45) is 1.58. The lowest BCUT2D eigenvalue weighted by atomic mass is 9.87. The van der Waals surface area contributed by atoms with Crippen LogP contribution in [0.2, 0.25) is 5.02 Å². The van der Waals surface area contributed by atoms with Gasteiger partial charge in [-0.2, -0.15) is 0 Å². The summed E-state index contributed by atoms with van der Waals surface area (Å²) < 4.78 is 27.7. The number of ketones is 1. The molecule has 0 radical (unpaired) electrons. The second-order valence-corrected chi connectivity index (χ2v) is 8.13. The Bertz CT molecular complexity index is 674. The maximum atomic E-state index is 13.9. The Morgan fingerprint density at radius 1 is 1.32 bits per heavy atom. The maximum absolute atomic E-state index is 13.9. The van der Waals surface area contributed by atoms with Crippen LogP contribution in [-0.2, 0) is 9.59 Å². The molecule has 1 aromatic rings. The second kappa shape index (κ2) is 7.17. The quantitative estimate of drug-likeness (QED) is 0.804. The monoisotopic (exact) mass is 390 g/mol. The van der Waals surface area contributed by atoms with E-state index < -0.39 is 42.0 Å². The fourth-order valence-electron chi connectivity index (χ4n) is 3.48. The molecule has 3 rings (SSSR count). The molecule has 1 aliphatic carbocycles. The van der Waals surface area contributed by atoms with Gasteiger partial charge in [-0.05, 0) is 25.0 Å². The number of carbonyl (C=O) groups excluding carboxylic acids is 1. The minimum atomic E-state index is -3.12. The van der Waals surface area contributed by atoms with Crippen molar-refractivity contribution in [2.75, 3.05) is 6.54 Å². The number of Topliss-reactive ketones (excluding diaryl/α,β-unsaturated/α-hetero) is 1. The second-order valence-electron chi connectivity index (χ2n) is 6.38. The highest BCUT2D eigenvalue weighted by Crippen LogP contribution is 2.43. The molecule has 1 aromatic heterocycles. The van der Waals surface area contributed by atoms with Crippen LogP contribution in [0.5, 0.6) is 0 Å². The molecule has 0 amide bonds. The molecule has 1 unspecified atom stereocenters. The van der Waals surface area contributed by atoms with Crippen molar-refractivity contribution in [1.82, 2.24) is 10.3 Å². The minimum absolute atomic E-state index is 0.0563. The van der Waals surface area contributed by atoms with Crippen LogP contribution in [0.1, 0.15) is 19.3 Å². The molecule has 2 N–H and O–H groups in total. The van der Waals surface area contributed by atoms with Crippen molar-refractivity contribution in [3.05, 3.63) is 23.4 Å². The number of aliphatic carboxylic acids is 1. The Labute approximate surface area is 152 Å². The van der Waals surface area contributed by atoms with Gasteiger partial charge >= 0.3 is 5.97 Å². The zero-order valence-electron chi connectivity index (χ0n) is 13.1. The van der Waals surface area contributed by atoms with Gasteiger partial charge in [0.05, 0.1) is 16.0 Å². The van der Waals surface area contributed by atoms with Crippen LogP contribution in [0.3, 0.4) is 0 Å². The first-order chi connectivity index (χ1) is 11.8. The first kappa shape index (κ1) is 18.5. The summed E-state index contributed by atoms with van der Waals surface area (Å²) in [7, 11) is 0. The van der Waals surface area contributed by atoms with Gasteiger partial charge in [-0.3, -0.25) is 9.59 Å². The number of aromatic nitrogens is 1. The third-order valence-electron chi connectivity index (χ3n) is 4.70. The summed E-state index contributed by atoms with van der Waals surface area (Å²) in [5.74, 6) is -6.79. The molecular weight excluding hydrogens is 374 g/mol. The van der Waals surface area contributed by atoms with Gasteiger partial charge in [-0.1, -0.05) is 11.6 Å². The number of thioether (sulfide) groups is 1. The molecule has 2 fully saturated rings. The van der Waals surface area contributed by atoms with E-state index in [9.17, 15) is 23.5 Å². The number of carboxylic acids is 1. The molecule has 0 spiro atoms. The highest BCUT2D eigenvalue weighted by Gasteiger charge is 2.53. The highest BCUT2D eigenvalue weighted by molar-refractivity contribution is 7.99. The fraction of sp³-hybridized carbons (Fsp3) is 0.562. The van der Waals surface area contributed by atoms with Crippen molar-refractivity contribution in [3.8, 4) is 0 Å². The molecule has 136 valence electrons. The Balaban J connectivity index is 1.73. The third-order valence-corrected chi connectivity index (χ3v) is 6.13. The lowest BCUT2D eigenvalue weighted by Gasteiger charge is -2.23. The zero-order chi connectivity index (χ0) is 18.2. The molecular formula is C16H17ClF2N2O3S. The zero-order valence-corrected chi connectivity index (χ0v) is 14.7. The highest BCUT2D eigenvalue weighted by atomic mass is 35.5. The van der Waals surface area contributed by atoms with Crippen LogP contribution in [0, 0.1) is 11.8 Å². The molecule has 0 aromatic carbocycles. The summed E-state index contributed by atoms with van der Waals surface area (Å²) in [6, 6.07) is 1.80. The van der Waals surface area contributed by atoms with E-state index in [2.05, 4.69) is 10.3 Å². The predicted molar refractivity (Wildman–Crippen MR) is 89.1 cm³/mol. The van der Waals surface area contributed by atoms with Crippen LogP contribution in [0.25, 0.3) is 0 Å². The molecule has 9 heteroatoms. The Kier molecular flexibility index (Phi) is 5.31. The Morgan fingerprint density at radius 2 is 2.04 bits per heavy atom. The standard InChI is InChI=1S/C16H17ClF2N2O3S/c17-8-1-2-12(21-7-8)25-9-5-10(11(6-9)15(23)24)13(22)14-16(18,19)3-4-20-14/h1-2,7,9-11,14,20H,3-6H2,(H,23,24)/t9-,10+,11+,14?/m0/s1. The number of nitrogens with one attached hydrogen (secondary N) is 1. The molecule has 0 bridgehead atoms. The minimum Gasteiger partial charge on any atom is -0.481 e. The first-order valence-corrected chi connectivity index (χ1v) is 9.19. The van der Waals surface area contributed by atoms with Crippen molar-refractivity contribution in [3.63, 3.8) is 0 Å². The summed E-state index contributed by atoms with van der Waals surface area (Å²) in [4.78, 5) is 28.3. The van der Waals surface area contributed by atoms with E-state index in [-0.39, 0.29) is 24.6 Å². The van der Waals surface area contributed by atoms with Crippen molar-refractivity contribution < 1.29 is 23.5 Å². The fourth-order valence-corrected chi connectivity index (χ4v) is 4.80. The van der Waals surface area contributed by atoms with Gasteiger partial charge in [-0.15, -0.1) is 11.8 Å². The summed E-state index contributed by atoms with van der Waals surface area (Å²) in [6.45, 7) is 0.0563. The van der Waals surface area contributed by atoms with E-state index in [0.29, 0.717) is 10.0 Å². The van der Waals surface area contributed by atoms with E-state index in [1.165, 1.54) is 18.0 Å². The molecule has 2 heterocycles. The molecule has 2 aliphatic rings. The number of halogens is 3. The van der Waals surface area contributed by atoms with Crippen LogP contribution < -0.4 is 5.32 Å². The van der Waals surface area contributed by atoms with E-state index in [1.54, 1.807) is 12.1 Å². The van der Waals surface area contributed by atoms with Gasteiger partial charge in [0.15, 0.2) is 5.78 Å². The van der Waals surface area contributed by atoms with Crippen LogP contribution >= 0.6 is 23.4 Å².